The molecule has 3 nitrogen and oxygen atoms in total. The van der Waals surface area contributed by atoms with Crippen LogP contribution in [0.25, 0.3) is 0 Å². The molecule has 0 spiro atoms. The van der Waals surface area contributed by atoms with Crippen LogP contribution in [0.1, 0.15) is 30.0 Å². The summed E-state index contributed by atoms with van der Waals surface area (Å²) in [6.07, 6.45) is 3.34. The molecule has 0 saturated carbocycles. The minimum Gasteiger partial charge on any atom is -0.324 e. The number of carbonyl (C=O) groups excluding carboxylic acids is 1. The van der Waals surface area contributed by atoms with Gasteiger partial charge in [-0.2, -0.15) is 0 Å². The number of likely N-dealkylation sites (N-methyl/N-ethyl adjacent to an activating group) is 1. The number of hydrogen-bond donors (Lipinski definition) is 1. The number of halogens is 2. The van der Waals surface area contributed by atoms with Crippen LogP contribution >= 0.6 is 23.2 Å². The van der Waals surface area contributed by atoms with Crippen LogP contribution < -0.4 is 5.32 Å². The lowest BCUT2D eigenvalue weighted by atomic mass is 9.87. The Bertz CT molecular complexity index is 748. The Hall–Kier alpha value is -1.55. The summed E-state index contributed by atoms with van der Waals surface area (Å²) >= 11 is 12.0. The number of nitrogens with one attached hydrogen (secondary N) is 1. The summed E-state index contributed by atoms with van der Waals surface area (Å²) in [7, 11) is 2.00. The Labute approximate surface area is 152 Å². The maximum absolute atomic E-state index is 12.4. The summed E-state index contributed by atoms with van der Waals surface area (Å²) in [4.78, 5) is 14.5. The quantitative estimate of drug-likeness (QED) is 0.834. The van der Waals surface area contributed by atoms with E-state index < -0.39 is 0 Å². The minimum absolute atomic E-state index is 0.0789. The van der Waals surface area contributed by atoms with E-state index in [1.807, 2.05) is 7.05 Å². The van der Waals surface area contributed by atoms with Crippen molar-refractivity contribution in [3.05, 3.63) is 63.6 Å². The lowest BCUT2D eigenvalue weighted by Crippen LogP contribution is -2.34. The third-order valence-electron chi connectivity index (χ3n) is 4.47. The third-order valence-corrected chi connectivity index (χ3v) is 5.02. The predicted octanol–water partition coefficient (Wildman–Crippen LogP) is 4.94. The number of carbonyl (C=O) groups is 1. The molecule has 24 heavy (non-hydrogen) atoms. The van der Waals surface area contributed by atoms with Crippen LogP contribution in [0, 0.1) is 0 Å². The molecule has 1 aliphatic carbocycles. The van der Waals surface area contributed by atoms with E-state index in [2.05, 4.69) is 34.5 Å². The minimum atomic E-state index is -0.0789. The molecule has 0 aliphatic heterocycles. The molecule has 1 amide bonds. The number of anilines is 1. The summed E-state index contributed by atoms with van der Waals surface area (Å²) in [5.41, 5.74) is 3.31. The molecular formula is C19H20Cl2N2O. The van der Waals surface area contributed by atoms with Gasteiger partial charge >= 0.3 is 0 Å². The number of aryl methyl sites for hydroxylation is 1. The van der Waals surface area contributed by atoms with Gasteiger partial charge in [0.05, 0.1) is 17.3 Å². The maximum Gasteiger partial charge on any atom is 0.238 e. The highest BCUT2D eigenvalue weighted by Gasteiger charge is 2.24. The number of amides is 1. The van der Waals surface area contributed by atoms with E-state index in [4.69, 9.17) is 23.2 Å². The van der Waals surface area contributed by atoms with E-state index in [0.717, 1.165) is 19.3 Å². The van der Waals surface area contributed by atoms with Crippen molar-refractivity contribution in [2.75, 3.05) is 18.9 Å². The van der Waals surface area contributed by atoms with Crippen LogP contribution in [-0.2, 0) is 11.2 Å². The molecule has 0 radical (unpaired) electrons. The average molecular weight is 363 g/mol. The van der Waals surface area contributed by atoms with E-state index in [0.29, 0.717) is 22.3 Å². The highest BCUT2D eigenvalue weighted by Crippen LogP contribution is 2.33. The standard InChI is InChI=1S/C19H20Cl2N2O/c1-23(18-8-4-6-13-5-2-3-7-15(13)18)12-19(24)22-17-10-9-14(20)11-16(17)21/h2-3,5,7,9-11,18H,4,6,8,12H2,1H3,(H,22,24)/t18-/m1/s1. The molecule has 126 valence electrons. The Kier molecular flexibility index (Phi) is 5.44. The first kappa shape index (κ1) is 17.3. The molecule has 2 aromatic rings. The Morgan fingerprint density at radius 1 is 1.25 bits per heavy atom. The number of fused-ring (bicyclic) bond motifs is 1. The van der Waals surface area contributed by atoms with Gasteiger partial charge in [0.1, 0.15) is 0 Å². The van der Waals surface area contributed by atoms with Crippen molar-refractivity contribution >= 4 is 34.8 Å². The Morgan fingerprint density at radius 2 is 2.04 bits per heavy atom. The second-order valence-corrected chi connectivity index (χ2v) is 7.04. The first-order valence-corrected chi connectivity index (χ1v) is 8.83. The van der Waals surface area contributed by atoms with Crippen LogP contribution in [0.3, 0.4) is 0 Å². The largest absolute Gasteiger partial charge is 0.324 e. The first-order valence-electron chi connectivity index (χ1n) is 8.07. The van der Waals surface area contributed by atoms with E-state index in [9.17, 15) is 4.79 Å². The second kappa shape index (κ2) is 7.56. The van der Waals surface area contributed by atoms with Crippen LogP contribution in [0.4, 0.5) is 5.69 Å². The fourth-order valence-electron chi connectivity index (χ4n) is 3.30. The average Bonchev–Trinajstić information content (AvgIpc) is 2.57. The van der Waals surface area contributed by atoms with Crippen molar-refractivity contribution in [2.45, 2.75) is 25.3 Å². The summed E-state index contributed by atoms with van der Waals surface area (Å²) in [5.74, 6) is -0.0789. The predicted molar refractivity (Wildman–Crippen MR) is 99.8 cm³/mol. The van der Waals surface area contributed by atoms with Crippen LogP contribution in [-0.4, -0.2) is 24.4 Å². The number of rotatable bonds is 4. The monoisotopic (exact) mass is 362 g/mol. The molecule has 0 saturated heterocycles. The molecule has 5 heteroatoms. The summed E-state index contributed by atoms with van der Waals surface area (Å²) < 4.78 is 0. The van der Waals surface area contributed by atoms with Crippen molar-refractivity contribution in [1.29, 1.82) is 0 Å². The zero-order chi connectivity index (χ0) is 17.1. The molecule has 0 heterocycles. The van der Waals surface area contributed by atoms with Gasteiger partial charge in [0.15, 0.2) is 0 Å². The zero-order valence-electron chi connectivity index (χ0n) is 13.6. The fourth-order valence-corrected chi connectivity index (χ4v) is 3.76. The number of nitrogens with zero attached hydrogens (tertiary/aromatic N) is 1. The van der Waals surface area contributed by atoms with Crippen LogP contribution in [0.15, 0.2) is 42.5 Å². The SMILES string of the molecule is CN(CC(=O)Nc1ccc(Cl)cc1Cl)[C@@H]1CCCc2ccccc21. The molecule has 0 unspecified atom stereocenters. The molecule has 1 aliphatic rings. The molecule has 0 aromatic heterocycles. The summed E-state index contributed by atoms with van der Waals surface area (Å²) in [5, 5.41) is 3.86. The van der Waals surface area contributed by atoms with E-state index in [1.54, 1.807) is 18.2 Å². The molecule has 0 bridgehead atoms. The lowest BCUT2D eigenvalue weighted by molar-refractivity contribution is -0.117. The zero-order valence-corrected chi connectivity index (χ0v) is 15.1. The number of benzene rings is 2. The lowest BCUT2D eigenvalue weighted by Gasteiger charge is -2.32. The second-order valence-electron chi connectivity index (χ2n) is 6.19. The van der Waals surface area contributed by atoms with E-state index in [1.165, 1.54) is 11.1 Å². The van der Waals surface area contributed by atoms with Gasteiger partial charge in [-0.15, -0.1) is 0 Å². The van der Waals surface area contributed by atoms with Gasteiger partial charge in [-0.05, 0) is 55.6 Å². The normalized spacial score (nSPS) is 16.8. The first-order chi connectivity index (χ1) is 11.5. The fraction of sp³-hybridized carbons (Fsp3) is 0.316. The van der Waals surface area contributed by atoms with E-state index in [-0.39, 0.29) is 11.9 Å². The topological polar surface area (TPSA) is 32.3 Å². The molecular weight excluding hydrogens is 343 g/mol. The molecule has 0 fully saturated rings. The van der Waals surface area contributed by atoms with Crippen LogP contribution in [0.2, 0.25) is 10.0 Å². The van der Waals surface area contributed by atoms with Crippen molar-refractivity contribution in [3.8, 4) is 0 Å². The van der Waals surface area contributed by atoms with Gasteiger partial charge in [0.25, 0.3) is 0 Å². The summed E-state index contributed by atoms with van der Waals surface area (Å²) in [6.45, 7) is 0.317. The van der Waals surface area contributed by atoms with Crippen LogP contribution in [0.5, 0.6) is 0 Å². The summed E-state index contributed by atoms with van der Waals surface area (Å²) in [6, 6.07) is 13.8. The molecule has 1 atom stereocenters. The van der Waals surface area contributed by atoms with Crippen molar-refractivity contribution in [3.63, 3.8) is 0 Å². The van der Waals surface area contributed by atoms with Crippen molar-refractivity contribution in [1.82, 2.24) is 4.90 Å². The third kappa shape index (κ3) is 3.92. The number of hydrogen-bond acceptors (Lipinski definition) is 2. The van der Waals surface area contributed by atoms with Gasteiger partial charge in [-0.1, -0.05) is 47.5 Å². The van der Waals surface area contributed by atoms with Gasteiger partial charge in [-0.3, -0.25) is 9.69 Å². The van der Waals surface area contributed by atoms with Gasteiger partial charge in [0, 0.05) is 11.1 Å². The van der Waals surface area contributed by atoms with Gasteiger partial charge in [-0.25, -0.2) is 0 Å². The molecule has 1 N–H and O–H groups in total. The van der Waals surface area contributed by atoms with E-state index >= 15 is 0 Å². The Morgan fingerprint density at radius 3 is 2.83 bits per heavy atom. The molecule has 2 aromatic carbocycles. The van der Waals surface area contributed by atoms with Gasteiger partial charge in [0.2, 0.25) is 5.91 Å². The smallest absolute Gasteiger partial charge is 0.238 e. The maximum atomic E-state index is 12.4. The van der Waals surface area contributed by atoms with Crippen molar-refractivity contribution < 1.29 is 4.79 Å². The van der Waals surface area contributed by atoms with Crippen molar-refractivity contribution in [2.24, 2.45) is 0 Å². The van der Waals surface area contributed by atoms with Gasteiger partial charge < -0.3 is 5.32 Å². The molecule has 3 rings (SSSR count). The highest BCUT2D eigenvalue weighted by atomic mass is 35.5. The Balaban J connectivity index is 1.67. The highest BCUT2D eigenvalue weighted by molar-refractivity contribution is 6.36.